The second kappa shape index (κ2) is 7.68. The van der Waals surface area contributed by atoms with Crippen LogP contribution >= 0.6 is 0 Å². The molecule has 1 atom stereocenters. The minimum absolute atomic E-state index is 0.0768. The number of aromatic nitrogens is 1. The number of carboxylic acids is 1. The topological polar surface area (TPSA) is 120 Å². The Kier molecular flexibility index (Phi) is 5.63. The second-order valence-corrected chi connectivity index (χ2v) is 6.86. The summed E-state index contributed by atoms with van der Waals surface area (Å²) >= 11 is 0. The number of carboxylic acid groups (broad SMARTS) is 1. The van der Waals surface area contributed by atoms with Crippen LogP contribution in [0.25, 0.3) is 0 Å². The molecule has 1 heterocycles. The van der Waals surface area contributed by atoms with Crippen molar-refractivity contribution in [1.29, 1.82) is 5.26 Å². The fourth-order valence-electron chi connectivity index (χ4n) is 2.08. The van der Waals surface area contributed by atoms with Crippen molar-refractivity contribution < 1.29 is 18.3 Å². The monoisotopic (exact) mass is 345 g/mol. The molecule has 2 N–H and O–H groups in total. The molecule has 0 bridgehead atoms. The summed E-state index contributed by atoms with van der Waals surface area (Å²) in [6.07, 6.45) is 3.27. The zero-order valence-electron chi connectivity index (χ0n) is 12.6. The van der Waals surface area contributed by atoms with Gasteiger partial charge in [0.2, 0.25) is 10.0 Å². The third kappa shape index (κ3) is 4.62. The summed E-state index contributed by atoms with van der Waals surface area (Å²) in [7, 11) is -3.89. The minimum Gasteiger partial charge on any atom is -0.481 e. The van der Waals surface area contributed by atoms with E-state index >= 15 is 0 Å². The predicted octanol–water partition coefficient (Wildman–Crippen LogP) is 1.18. The van der Waals surface area contributed by atoms with Crippen LogP contribution in [0.15, 0.2) is 53.7 Å². The molecule has 8 heteroatoms. The fourth-order valence-corrected chi connectivity index (χ4v) is 3.20. The predicted molar refractivity (Wildman–Crippen MR) is 85.4 cm³/mol. The first-order valence-corrected chi connectivity index (χ1v) is 8.52. The molecule has 0 spiro atoms. The van der Waals surface area contributed by atoms with Gasteiger partial charge in [-0.05, 0) is 36.2 Å². The first kappa shape index (κ1) is 17.6. The zero-order chi connectivity index (χ0) is 17.6. The Bertz CT molecular complexity index is 860. The molecule has 0 aliphatic carbocycles. The molecule has 0 saturated heterocycles. The molecule has 7 nitrogen and oxygen atoms in total. The molecule has 0 radical (unpaired) electrons. The van der Waals surface area contributed by atoms with Crippen LogP contribution in [-0.2, 0) is 21.2 Å². The smallest absolute Gasteiger partial charge is 0.308 e. The van der Waals surface area contributed by atoms with Gasteiger partial charge in [0.05, 0.1) is 22.4 Å². The molecule has 2 rings (SSSR count). The summed E-state index contributed by atoms with van der Waals surface area (Å²) < 4.78 is 26.8. The van der Waals surface area contributed by atoms with E-state index in [0.29, 0.717) is 5.56 Å². The van der Waals surface area contributed by atoms with E-state index in [4.69, 9.17) is 5.26 Å². The van der Waals surface area contributed by atoms with Crippen LogP contribution in [-0.4, -0.2) is 31.0 Å². The molecule has 1 unspecified atom stereocenters. The van der Waals surface area contributed by atoms with Crippen LogP contribution in [0, 0.1) is 17.2 Å². The van der Waals surface area contributed by atoms with Gasteiger partial charge in [0.15, 0.2) is 0 Å². The molecular formula is C16H15N3O4S. The van der Waals surface area contributed by atoms with E-state index in [9.17, 15) is 18.3 Å². The van der Waals surface area contributed by atoms with Gasteiger partial charge in [0.1, 0.15) is 0 Å². The van der Waals surface area contributed by atoms with Crippen molar-refractivity contribution in [1.82, 2.24) is 9.71 Å². The highest BCUT2D eigenvalue weighted by atomic mass is 32.2. The van der Waals surface area contributed by atoms with E-state index in [-0.39, 0.29) is 23.4 Å². The first-order chi connectivity index (χ1) is 11.4. The number of nitrogens with zero attached hydrogens (tertiary/aromatic N) is 2. The lowest BCUT2D eigenvalue weighted by Crippen LogP contribution is -2.34. The molecular weight excluding hydrogens is 330 g/mol. The van der Waals surface area contributed by atoms with Crippen LogP contribution in [0.1, 0.15) is 11.1 Å². The summed E-state index contributed by atoms with van der Waals surface area (Å²) in [6, 6.07) is 10.8. The SMILES string of the molecule is N#Cc1cccc(S(=O)(=O)NCC(Cc2cccnc2)C(=O)O)c1. The molecule has 2 aromatic rings. The van der Waals surface area contributed by atoms with Gasteiger partial charge in [-0.1, -0.05) is 12.1 Å². The van der Waals surface area contributed by atoms with Crippen molar-refractivity contribution >= 4 is 16.0 Å². The molecule has 0 saturated carbocycles. The van der Waals surface area contributed by atoms with Crippen molar-refractivity contribution in [3.63, 3.8) is 0 Å². The maximum absolute atomic E-state index is 12.3. The first-order valence-electron chi connectivity index (χ1n) is 7.04. The van der Waals surface area contributed by atoms with E-state index < -0.39 is 21.9 Å². The van der Waals surface area contributed by atoms with E-state index in [2.05, 4.69) is 9.71 Å². The number of carbonyl (C=O) groups is 1. The van der Waals surface area contributed by atoms with Gasteiger partial charge in [0.25, 0.3) is 0 Å². The van der Waals surface area contributed by atoms with Gasteiger partial charge in [-0.15, -0.1) is 0 Å². The van der Waals surface area contributed by atoms with E-state index in [0.717, 1.165) is 0 Å². The van der Waals surface area contributed by atoms with Gasteiger partial charge in [-0.2, -0.15) is 5.26 Å². The summed E-state index contributed by atoms with van der Waals surface area (Å²) in [5.74, 6) is -2.03. The number of pyridine rings is 1. The summed E-state index contributed by atoms with van der Waals surface area (Å²) in [5, 5.41) is 18.1. The Morgan fingerprint density at radius 3 is 2.75 bits per heavy atom. The van der Waals surface area contributed by atoms with Crippen molar-refractivity contribution in [2.24, 2.45) is 5.92 Å². The van der Waals surface area contributed by atoms with E-state index in [1.165, 1.54) is 24.3 Å². The zero-order valence-corrected chi connectivity index (χ0v) is 13.4. The van der Waals surface area contributed by atoms with Crippen LogP contribution in [0.5, 0.6) is 0 Å². The molecule has 0 aliphatic heterocycles. The number of rotatable bonds is 7. The summed E-state index contributed by atoms with van der Waals surface area (Å²) in [4.78, 5) is 15.2. The largest absolute Gasteiger partial charge is 0.481 e. The quantitative estimate of drug-likeness (QED) is 0.777. The number of sulfonamides is 1. The highest BCUT2D eigenvalue weighted by Gasteiger charge is 2.22. The lowest BCUT2D eigenvalue weighted by molar-refractivity contribution is -0.141. The van der Waals surface area contributed by atoms with Crippen molar-refractivity contribution in [3.8, 4) is 6.07 Å². The standard InChI is InChI=1S/C16H15N3O4S/c17-9-12-3-1-5-15(8-12)24(22,23)19-11-14(16(20)21)7-13-4-2-6-18-10-13/h1-6,8,10,14,19H,7,11H2,(H,20,21). The molecule has 1 aromatic carbocycles. The Morgan fingerprint density at radius 2 is 2.12 bits per heavy atom. The summed E-state index contributed by atoms with van der Waals surface area (Å²) in [5.41, 5.74) is 0.915. The normalized spacial score (nSPS) is 12.3. The maximum Gasteiger partial charge on any atom is 0.308 e. The Labute approximate surface area is 139 Å². The second-order valence-electron chi connectivity index (χ2n) is 5.09. The molecule has 1 aromatic heterocycles. The van der Waals surface area contributed by atoms with Crippen LogP contribution in [0.3, 0.4) is 0 Å². The van der Waals surface area contributed by atoms with Crippen LogP contribution in [0.2, 0.25) is 0 Å². The molecule has 0 fully saturated rings. The fraction of sp³-hybridized carbons (Fsp3) is 0.188. The van der Waals surface area contributed by atoms with Crippen molar-refractivity contribution in [2.45, 2.75) is 11.3 Å². The molecule has 0 amide bonds. The average molecular weight is 345 g/mol. The highest BCUT2D eigenvalue weighted by molar-refractivity contribution is 7.89. The highest BCUT2D eigenvalue weighted by Crippen LogP contribution is 2.13. The molecule has 24 heavy (non-hydrogen) atoms. The van der Waals surface area contributed by atoms with Gasteiger partial charge in [0, 0.05) is 18.9 Å². The average Bonchev–Trinajstić information content (AvgIpc) is 2.59. The molecule has 0 aliphatic rings. The minimum atomic E-state index is -3.89. The lowest BCUT2D eigenvalue weighted by Gasteiger charge is -2.14. The third-order valence-electron chi connectivity index (χ3n) is 3.35. The van der Waals surface area contributed by atoms with E-state index in [1.54, 1.807) is 24.5 Å². The number of hydrogen-bond donors (Lipinski definition) is 2. The van der Waals surface area contributed by atoms with Gasteiger partial charge in [-0.25, -0.2) is 13.1 Å². The number of nitriles is 1. The van der Waals surface area contributed by atoms with Gasteiger partial charge < -0.3 is 5.11 Å². The van der Waals surface area contributed by atoms with Crippen molar-refractivity contribution in [3.05, 3.63) is 59.9 Å². The Balaban J connectivity index is 2.10. The third-order valence-corrected chi connectivity index (χ3v) is 4.77. The maximum atomic E-state index is 12.3. The number of hydrogen-bond acceptors (Lipinski definition) is 5. The number of benzene rings is 1. The van der Waals surface area contributed by atoms with Gasteiger partial charge in [-0.3, -0.25) is 9.78 Å². The number of nitrogens with one attached hydrogen (secondary N) is 1. The molecule has 124 valence electrons. The Morgan fingerprint density at radius 1 is 1.33 bits per heavy atom. The van der Waals surface area contributed by atoms with Crippen LogP contribution in [0.4, 0.5) is 0 Å². The van der Waals surface area contributed by atoms with Gasteiger partial charge >= 0.3 is 5.97 Å². The number of aliphatic carboxylic acids is 1. The van der Waals surface area contributed by atoms with Crippen LogP contribution < -0.4 is 4.72 Å². The lowest BCUT2D eigenvalue weighted by atomic mass is 10.0. The summed E-state index contributed by atoms with van der Waals surface area (Å²) in [6.45, 7) is -0.261. The van der Waals surface area contributed by atoms with Crippen molar-refractivity contribution in [2.75, 3.05) is 6.54 Å². The Hall–Kier alpha value is -2.76. The van der Waals surface area contributed by atoms with E-state index in [1.807, 2.05) is 6.07 Å².